The van der Waals surface area contributed by atoms with Gasteiger partial charge in [-0.2, -0.15) is 15.6 Å². The number of rotatable bonds is 0. The van der Waals surface area contributed by atoms with Gasteiger partial charge in [0.15, 0.2) is 0 Å². The van der Waals surface area contributed by atoms with Gasteiger partial charge in [-0.25, -0.2) is 0 Å². The second-order valence-corrected chi connectivity index (χ2v) is 2.68. The van der Waals surface area contributed by atoms with Crippen molar-refractivity contribution in [3.8, 4) is 0 Å². The number of phosphoric acid groups is 2. The maximum absolute atomic E-state index is 8.55. The van der Waals surface area contributed by atoms with E-state index in [9.17, 15) is 0 Å². The minimum atomic E-state index is -5.39. The van der Waals surface area contributed by atoms with Gasteiger partial charge in [-0.3, -0.25) is 0 Å². The first-order chi connectivity index (χ1) is 4.00. The van der Waals surface area contributed by atoms with Crippen LogP contribution in [-0.4, -0.2) is 23.1 Å². The van der Waals surface area contributed by atoms with Crippen LogP contribution in [0, 0.1) is 0 Å². The van der Waals surface area contributed by atoms with Crippen LogP contribution >= 0.6 is 15.6 Å². The Labute approximate surface area is 131 Å². The molecule has 0 saturated carbocycles. The van der Waals surface area contributed by atoms with Gasteiger partial charge in [0.2, 0.25) is 0 Å². The van der Waals surface area contributed by atoms with Gasteiger partial charge < -0.3 is 38.5 Å². The van der Waals surface area contributed by atoms with Crippen molar-refractivity contribution in [2.45, 2.75) is 0 Å². The normalized spacial score (nSPS) is 8.43. The van der Waals surface area contributed by atoms with E-state index in [1.807, 2.05) is 0 Å². The molecule has 0 atom stereocenters. The molecule has 0 spiro atoms. The molecule has 0 bridgehead atoms. The van der Waals surface area contributed by atoms with Gasteiger partial charge in [-0.1, -0.05) is 0 Å². The van der Waals surface area contributed by atoms with E-state index in [-0.39, 0.29) is 77.8 Å². The van der Waals surface area contributed by atoms with Crippen LogP contribution in [0.3, 0.4) is 0 Å². The van der Waals surface area contributed by atoms with Crippen LogP contribution in [0.1, 0.15) is 0 Å². The van der Waals surface area contributed by atoms with E-state index in [0.29, 0.717) is 0 Å². The van der Waals surface area contributed by atoms with Gasteiger partial charge in [-0.05, 0) is 0 Å². The summed E-state index contributed by atoms with van der Waals surface area (Å²) in [6.45, 7) is 0. The zero-order valence-corrected chi connectivity index (χ0v) is 11.6. The molecular formula is Li2MgMnO8P2. The Kier molecular flexibility index (Phi) is 40.3. The Morgan fingerprint density at radius 2 is 0.643 bits per heavy atom. The van der Waals surface area contributed by atoms with Gasteiger partial charge in [-0.15, -0.1) is 0 Å². The summed E-state index contributed by atoms with van der Waals surface area (Å²) < 4.78 is 17.1. The molecule has 0 N–H and O–H groups in total. The zero-order chi connectivity index (χ0) is 9.00. The van der Waals surface area contributed by atoms with Gasteiger partial charge in [0.05, 0.1) is 0 Å². The molecule has 8 nitrogen and oxygen atoms in total. The van der Waals surface area contributed by atoms with Crippen LogP contribution in [0.5, 0.6) is 0 Å². The zero-order valence-electron chi connectivity index (χ0n) is 7.25. The predicted molar refractivity (Wildman–Crippen MR) is 21.0 cm³/mol. The molecule has 0 saturated heterocycles. The van der Waals surface area contributed by atoms with E-state index in [0.717, 1.165) is 0 Å². The van der Waals surface area contributed by atoms with Crippen molar-refractivity contribution >= 4 is 38.7 Å². The molecule has 69 valence electrons. The summed E-state index contributed by atoms with van der Waals surface area (Å²) >= 11 is 0. The number of hydrogen-bond acceptors (Lipinski definition) is 8. The monoisotopic (exact) mass is 283 g/mol. The third-order valence-corrected chi connectivity index (χ3v) is 0. The molecule has 0 aromatic rings. The average molecular weight is 283 g/mol. The summed E-state index contributed by atoms with van der Waals surface area (Å²) in [5.41, 5.74) is 0. The molecule has 14 heteroatoms. The van der Waals surface area contributed by atoms with Gasteiger partial charge in [0.25, 0.3) is 0 Å². The fourth-order valence-corrected chi connectivity index (χ4v) is 0. The average Bonchev–Trinajstić information content (AvgIpc) is 1.12. The van der Waals surface area contributed by atoms with Crippen LogP contribution in [-0.2, 0) is 26.2 Å². The molecule has 0 unspecified atom stereocenters. The van der Waals surface area contributed by atoms with Crippen molar-refractivity contribution in [1.29, 1.82) is 0 Å². The van der Waals surface area contributed by atoms with E-state index >= 15 is 0 Å². The van der Waals surface area contributed by atoms with Crippen molar-refractivity contribution in [2.24, 2.45) is 0 Å². The maximum atomic E-state index is 8.55. The Balaban J connectivity index is -0.0000000178. The fourth-order valence-electron chi connectivity index (χ4n) is 0. The van der Waals surface area contributed by atoms with Crippen molar-refractivity contribution in [3.63, 3.8) is 0 Å². The van der Waals surface area contributed by atoms with E-state index in [2.05, 4.69) is 0 Å². The fraction of sp³-hybridized carbons (Fsp3) is 0. The Morgan fingerprint density at radius 1 is 0.643 bits per heavy atom. The molecule has 0 aromatic heterocycles. The van der Waals surface area contributed by atoms with Crippen LogP contribution in [0.25, 0.3) is 0 Å². The van der Waals surface area contributed by atoms with E-state index in [1.54, 1.807) is 0 Å². The van der Waals surface area contributed by atoms with E-state index in [1.165, 1.54) is 0 Å². The third-order valence-electron chi connectivity index (χ3n) is 0. The second-order valence-electron chi connectivity index (χ2n) is 0.894. The van der Waals surface area contributed by atoms with Crippen molar-refractivity contribution in [3.05, 3.63) is 0 Å². The van der Waals surface area contributed by atoms with Crippen LogP contribution in [0.2, 0.25) is 0 Å². The molecule has 0 aliphatic heterocycles. The van der Waals surface area contributed by atoms with E-state index < -0.39 is 15.6 Å². The first-order valence-corrected chi connectivity index (χ1v) is 4.38. The van der Waals surface area contributed by atoms with Crippen LogP contribution in [0.15, 0.2) is 0 Å². The third kappa shape index (κ3) is 378. The molecule has 1 radical (unpaired) electrons. The summed E-state index contributed by atoms with van der Waals surface area (Å²) in [5.74, 6) is 0. The molecule has 0 amide bonds. The molecule has 0 aliphatic rings. The Morgan fingerprint density at radius 3 is 0.643 bits per heavy atom. The van der Waals surface area contributed by atoms with Crippen molar-refractivity contribution in [1.82, 2.24) is 0 Å². The minimum Gasteiger partial charge on any atom is -0.822 e. The number of hydrogen-bond donors (Lipinski definition) is 0. The Hall–Kier alpha value is 2.70. The largest absolute Gasteiger partial charge is 2.00 e. The quantitative estimate of drug-likeness (QED) is 0.311. The first kappa shape index (κ1) is 36.0. The van der Waals surface area contributed by atoms with Gasteiger partial charge >= 0.3 is 77.8 Å². The van der Waals surface area contributed by atoms with Crippen LogP contribution in [0.4, 0.5) is 0 Å². The van der Waals surface area contributed by atoms with Crippen molar-refractivity contribution in [2.75, 3.05) is 0 Å². The smallest absolute Gasteiger partial charge is 0.822 e. The summed E-state index contributed by atoms with van der Waals surface area (Å²) in [5, 5.41) is 0. The van der Waals surface area contributed by atoms with Gasteiger partial charge in [0.1, 0.15) is 0 Å². The van der Waals surface area contributed by atoms with E-state index in [4.69, 9.17) is 38.5 Å². The van der Waals surface area contributed by atoms with Crippen LogP contribution < -0.4 is 67.1 Å². The Bertz CT molecular complexity index is 138. The molecule has 0 fully saturated rings. The minimum absolute atomic E-state index is 0. The summed E-state index contributed by atoms with van der Waals surface area (Å²) in [4.78, 5) is 51.3. The molecule has 14 heavy (non-hydrogen) atoms. The molecule has 0 rings (SSSR count). The SMILES string of the molecule is O=P([O-])([O-])[O-].O=P([O-])([O-])[O-].[Li+].[Li+].[Mg+2].[Mn+2]. The molecule has 0 aliphatic carbocycles. The molecule has 0 aromatic carbocycles. The summed E-state index contributed by atoms with van der Waals surface area (Å²) in [6.07, 6.45) is 0. The predicted octanol–water partition coefficient (Wildman–Crippen LogP) is -12.0. The maximum Gasteiger partial charge on any atom is 2.00 e. The summed E-state index contributed by atoms with van der Waals surface area (Å²) in [7, 11) is -10.8. The van der Waals surface area contributed by atoms with Crippen molar-refractivity contribution < 1.29 is 93.3 Å². The second kappa shape index (κ2) is 15.7. The first-order valence-electron chi connectivity index (χ1n) is 1.46. The summed E-state index contributed by atoms with van der Waals surface area (Å²) in [6, 6.07) is 0. The topological polar surface area (TPSA) is 172 Å². The standard InChI is InChI=1S/2Li.Mg.Mn.2H3O4P/c;;;;2*1-5(2,3)4/h;;;;2*(H3,1,2,3,4)/q2*+1;2*+2;;/p-6. The van der Waals surface area contributed by atoms with Gasteiger partial charge in [0, 0.05) is 0 Å². The molecular weight excluding hydrogens is 283 g/mol. The molecule has 0 heterocycles.